The largest absolute Gasteiger partial charge is 0.513 e. The predicted molar refractivity (Wildman–Crippen MR) is 68.7 cm³/mol. The number of nitrogens with zero attached hydrogens (tertiary/aromatic N) is 2. The van der Waals surface area contributed by atoms with Crippen LogP contribution < -0.4 is 0 Å². The fourth-order valence-corrected chi connectivity index (χ4v) is 1.15. The zero-order valence-electron chi connectivity index (χ0n) is 10.7. The van der Waals surface area contributed by atoms with Crippen molar-refractivity contribution in [1.29, 1.82) is 0 Å². The number of rotatable bonds is 5. The molecule has 0 aliphatic carbocycles. The Morgan fingerprint density at radius 2 is 1.12 bits per heavy atom. The summed E-state index contributed by atoms with van der Waals surface area (Å²) < 4.78 is 0. The molecule has 100 valence electrons. The number of aliphatic hydroxyl groups excluding tert-OH is 2. The van der Waals surface area contributed by atoms with Crippen LogP contribution in [0, 0.1) is 0 Å². The van der Waals surface area contributed by atoms with Gasteiger partial charge in [-0.05, 0) is 39.8 Å². The van der Waals surface area contributed by atoms with Gasteiger partial charge in [-0.1, -0.05) is 0 Å². The number of allylic oxidation sites excluding steroid dienone is 4. The van der Waals surface area contributed by atoms with Crippen molar-refractivity contribution in [3.05, 3.63) is 23.7 Å². The quantitative estimate of drug-likeness (QED) is 0.352. The number of hydrogen-bond donors (Lipinski definition) is 2. The van der Waals surface area contributed by atoms with E-state index in [1.54, 1.807) is 26.0 Å². The maximum absolute atomic E-state index is 8.98. The minimum absolute atomic E-state index is 0. The maximum Gasteiger partial charge on any atom is 0.0909 e. The molecule has 0 aliphatic heterocycles. The van der Waals surface area contributed by atoms with Gasteiger partial charge in [0.05, 0.1) is 24.6 Å². The minimum atomic E-state index is 0. The van der Waals surface area contributed by atoms with Crippen LogP contribution in [0.25, 0.3) is 0 Å². The summed E-state index contributed by atoms with van der Waals surface area (Å²) in [5.74, 6) is 0.500. The van der Waals surface area contributed by atoms with Crippen molar-refractivity contribution in [2.45, 2.75) is 27.7 Å². The summed E-state index contributed by atoms with van der Waals surface area (Å²) in [5.41, 5.74) is 1.56. The van der Waals surface area contributed by atoms with Crippen LogP contribution in [0.1, 0.15) is 27.7 Å². The fraction of sp³-hybridized carbons (Fsp3) is 0.500. The van der Waals surface area contributed by atoms with Gasteiger partial charge in [0, 0.05) is 31.8 Å². The van der Waals surface area contributed by atoms with Crippen molar-refractivity contribution >= 4 is 11.4 Å². The summed E-state index contributed by atoms with van der Waals surface area (Å²) in [4.78, 5) is 8.41. The van der Waals surface area contributed by atoms with E-state index in [1.807, 2.05) is 13.8 Å². The molecule has 0 aliphatic rings. The van der Waals surface area contributed by atoms with Gasteiger partial charge in [0.2, 0.25) is 0 Å². The molecular formula is C12H20N2O2Pd. The van der Waals surface area contributed by atoms with Crippen molar-refractivity contribution in [3.8, 4) is 0 Å². The van der Waals surface area contributed by atoms with Gasteiger partial charge < -0.3 is 10.2 Å². The molecule has 0 rings (SSSR count). The maximum atomic E-state index is 8.98. The van der Waals surface area contributed by atoms with E-state index in [9.17, 15) is 0 Å². The topological polar surface area (TPSA) is 65.2 Å². The van der Waals surface area contributed by atoms with Gasteiger partial charge in [-0.2, -0.15) is 0 Å². The van der Waals surface area contributed by atoms with Crippen LogP contribution in [0.4, 0.5) is 0 Å². The van der Waals surface area contributed by atoms with Crippen molar-refractivity contribution in [1.82, 2.24) is 0 Å². The monoisotopic (exact) mass is 330 g/mol. The molecular weight excluding hydrogens is 311 g/mol. The molecule has 4 nitrogen and oxygen atoms in total. The molecule has 0 bridgehead atoms. The molecule has 2 N–H and O–H groups in total. The zero-order chi connectivity index (χ0) is 12.6. The standard InChI is InChI=1S/C12H20N2O2.Pd/c1-9(7-11(3)15)13-5-6-14-10(2)8-12(4)16;/h7-8,15-16H,5-6H2,1-4H3;/b11-7-,12-8-,13-9?,14-10?;. The summed E-state index contributed by atoms with van der Waals surface area (Å²) in [5, 5.41) is 18.0. The summed E-state index contributed by atoms with van der Waals surface area (Å²) in [6, 6.07) is 0. The molecule has 17 heavy (non-hydrogen) atoms. The first-order valence-electron chi connectivity index (χ1n) is 5.18. The van der Waals surface area contributed by atoms with Crippen molar-refractivity contribution < 1.29 is 30.6 Å². The van der Waals surface area contributed by atoms with Crippen LogP contribution in [0.3, 0.4) is 0 Å². The molecule has 0 aromatic rings. The Bertz CT molecular complexity index is 302. The molecule has 5 heteroatoms. The van der Waals surface area contributed by atoms with E-state index >= 15 is 0 Å². The van der Waals surface area contributed by atoms with Gasteiger partial charge in [-0.3, -0.25) is 9.98 Å². The number of aliphatic imine (C=N–C) groups is 2. The van der Waals surface area contributed by atoms with Gasteiger partial charge in [0.25, 0.3) is 0 Å². The number of aliphatic hydroxyl groups is 2. The summed E-state index contributed by atoms with van der Waals surface area (Å²) in [6.45, 7) is 8.02. The van der Waals surface area contributed by atoms with Gasteiger partial charge in [-0.25, -0.2) is 0 Å². The van der Waals surface area contributed by atoms with Crippen LogP contribution in [-0.2, 0) is 20.4 Å². The third kappa shape index (κ3) is 13.0. The van der Waals surface area contributed by atoms with E-state index in [1.165, 1.54) is 0 Å². The Hall–Kier alpha value is -0.918. The average molecular weight is 331 g/mol. The van der Waals surface area contributed by atoms with Gasteiger partial charge >= 0.3 is 0 Å². The van der Waals surface area contributed by atoms with Crippen molar-refractivity contribution in [2.24, 2.45) is 9.98 Å². The second kappa shape index (κ2) is 10.2. The molecule has 0 amide bonds. The Morgan fingerprint density at radius 1 is 0.824 bits per heavy atom. The van der Waals surface area contributed by atoms with E-state index < -0.39 is 0 Å². The van der Waals surface area contributed by atoms with Gasteiger partial charge in [0.15, 0.2) is 0 Å². The molecule has 0 aromatic heterocycles. The molecule has 0 atom stereocenters. The molecule has 0 fully saturated rings. The van der Waals surface area contributed by atoms with Gasteiger partial charge in [-0.15, -0.1) is 0 Å². The first kappa shape index (κ1) is 18.4. The van der Waals surface area contributed by atoms with Crippen LogP contribution in [-0.4, -0.2) is 34.7 Å². The van der Waals surface area contributed by atoms with E-state index in [2.05, 4.69) is 9.98 Å². The Labute approximate surface area is 117 Å². The normalized spacial score (nSPS) is 14.6. The molecule has 0 unspecified atom stereocenters. The van der Waals surface area contributed by atoms with Crippen LogP contribution >= 0.6 is 0 Å². The number of hydrogen-bond acceptors (Lipinski definition) is 4. The fourth-order valence-electron chi connectivity index (χ4n) is 1.15. The minimum Gasteiger partial charge on any atom is -0.513 e. The second-order valence-electron chi connectivity index (χ2n) is 3.62. The Kier molecular flexibility index (Phi) is 11.1. The molecule has 0 aromatic carbocycles. The van der Waals surface area contributed by atoms with E-state index in [-0.39, 0.29) is 31.9 Å². The third-order valence-corrected chi connectivity index (χ3v) is 1.66. The van der Waals surface area contributed by atoms with Crippen LogP contribution in [0.15, 0.2) is 33.7 Å². The van der Waals surface area contributed by atoms with E-state index in [0.29, 0.717) is 13.1 Å². The Morgan fingerprint density at radius 3 is 1.35 bits per heavy atom. The zero-order valence-corrected chi connectivity index (χ0v) is 12.2. The van der Waals surface area contributed by atoms with E-state index in [0.717, 1.165) is 11.4 Å². The Balaban J connectivity index is 0. The molecule has 0 spiro atoms. The van der Waals surface area contributed by atoms with Crippen LogP contribution in [0.5, 0.6) is 0 Å². The van der Waals surface area contributed by atoms with Crippen molar-refractivity contribution in [2.75, 3.05) is 13.1 Å². The second-order valence-corrected chi connectivity index (χ2v) is 3.62. The molecule has 0 saturated carbocycles. The van der Waals surface area contributed by atoms with Crippen LogP contribution in [0.2, 0.25) is 0 Å². The summed E-state index contributed by atoms with van der Waals surface area (Å²) in [7, 11) is 0. The first-order valence-corrected chi connectivity index (χ1v) is 5.18. The van der Waals surface area contributed by atoms with Crippen molar-refractivity contribution in [3.63, 3.8) is 0 Å². The molecule has 0 heterocycles. The summed E-state index contributed by atoms with van der Waals surface area (Å²) in [6.07, 6.45) is 3.21. The molecule has 0 radical (unpaired) electrons. The smallest absolute Gasteiger partial charge is 0.0909 e. The average Bonchev–Trinajstić information content (AvgIpc) is 2.10. The van der Waals surface area contributed by atoms with E-state index in [4.69, 9.17) is 10.2 Å². The predicted octanol–water partition coefficient (Wildman–Crippen LogP) is 2.83. The molecule has 0 saturated heterocycles. The van der Waals surface area contributed by atoms with Gasteiger partial charge in [0.1, 0.15) is 0 Å². The SMILES string of the molecule is CC(/C=C(/C)O)=NCCN=C(C)/C=C(/C)O.[Pd]. The third-order valence-electron chi connectivity index (χ3n) is 1.66. The first-order chi connectivity index (χ1) is 7.41. The summed E-state index contributed by atoms with van der Waals surface area (Å²) >= 11 is 0.